The lowest BCUT2D eigenvalue weighted by Crippen LogP contribution is -2.33. The highest BCUT2D eigenvalue weighted by molar-refractivity contribution is 8.26. The SMILES string of the molecule is CC(C=CC1=C(C)CCCC1(C)C)=C1SC(=S)N(CC(=O)O)C1=O. The number of hydrogen-bond donors (Lipinski definition) is 1. The standard InChI is InChI=1S/C18H23NO3S2/c1-11-6-5-9-18(3,4)13(11)8-7-12(2)15-16(22)19(10-14(20)21)17(23)24-15/h7-8H,5-6,9-10H2,1-4H3,(H,20,21). The lowest BCUT2D eigenvalue weighted by Gasteiger charge is -2.33. The molecule has 2 rings (SSSR count). The van der Waals surface area contributed by atoms with Gasteiger partial charge in [0, 0.05) is 0 Å². The predicted octanol–water partition coefficient (Wildman–Crippen LogP) is 4.29. The molecule has 0 bridgehead atoms. The van der Waals surface area contributed by atoms with Crippen LogP contribution in [0.15, 0.2) is 33.8 Å². The summed E-state index contributed by atoms with van der Waals surface area (Å²) in [6, 6.07) is 0. The third-order valence-corrected chi connectivity index (χ3v) is 6.11. The molecule has 0 atom stereocenters. The van der Waals surface area contributed by atoms with Crippen LogP contribution in [0.5, 0.6) is 0 Å². The van der Waals surface area contributed by atoms with Gasteiger partial charge in [-0.2, -0.15) is 0 Å². The molecular formula is C18H23NO3S2. The highest BCUT2D eigenvalue weighted by Crippen LogP contribution is 2.41. The Bertz CT molecular complexity index is 686. The molecule has 2 aliphatic rings. The number of nitrogens with zero attached hydrogens (tertiary/aromatic N) is 1. The molecule has 1 aliphatic carbocycles. The van der Waals surface area contributed by atoms with Gasteiger partial charge in [0.2, 0.25) is 0 Å². The Morgan fingerprint density at radius 2 is 2.12 bits per heavy atom. The predicted molar refractivity (Wildman–Crippen MR) is 102 cm³/mol. The molecule has 0 spiro atoms. The molecule has 1 fully saturated rings. The van der Waals surface area contributed by atoms with E-state index in [0.29, 0.717) is 9.23 Å². The molecule has 0 radical (unpaired) electrons. The number of amides is 1. The zero-order chi connectivity index (χ0) is 18.1. The smallest absolute Gasteiger partial charge is 0.323 e. The molecule has 1 aliphatic heterocycles. The van der Waals surface area contributed by atoms with Gasteiger partial charge in [-0.05, 0) is 49.7 Å². The van der Waals surface area contributed by atoms with Crippen LogP contribution >= 0.6 is 24.0 Å². The van der Waals surface area contributed by atoms with Crippen LogP contribution in [0, 0.1) is 5.41 Å². The number of allylic oxidation sites excluding steroid dienone is 5. The number of rotatable bonds is 4. The van der Waals surface area contributed by atoms with Crippen LogP contribution in [0.2, 0.25) is 0 Å². The first kappa shape index (κ1) is 18.9. The number of carboxylic acids is 1. The first-order valence-electron chi connectivity index (χ1n) is 7.98. The second kappa shape index (κ2) is 7.23. The molecule has 24 heavy (non-hydrogen) atoms. The highest BCUT2D eigenvalue weighted by Gasteiger charge is 2.34. The van der Waals surface area contributed by atoms with Gasteiger partial charge in [0.1, 0.15) is 10.9 Å². The second-order valence-corrected chi connectivity index (χ2v) is 8.57. The maximum atomic E-state index is 12.4. The minimum Gasteiger partial charge on any atom is -0.480 e. The van der Waals surface area contributed by atoms with Crippen molar-refractivity contribution in [3.8, 4) is 0 Å². The summed E-state index contributed by atoms with van der Waals surface area (Å²) in [5, 5.41) is 8.90. The van der Waals surface area contributed by atoms with Crippen LogP contribution in [0.4, 0.5) is 0 Å². The third kappa shape index (κ3) is 3.98. The van der Waals surface area contributed by atoms with Gasteiger partial charge in [-0.3, -0.25) is 14.5 Å². The van der Waals surface area contributed by atoms with Crippen LogP contribution in [0.1, 0.15) is 47.0 Å². The third-order valence-electron chi connectivity index (χ3n) is 4.54. The topological polar surface area (TPSA) is 57.6 Å². The fourth-order valence-electron chi connectivity index (χ4n) is 3.21. The van der Waals surface area contributed by atoms with Crippen LogP contribution < -0.4 is 0 Å². The van der Waals surface area contributed by atoms with E-state index in [0.717, 1.165) is 23.3 Å². The number of hydrogen-bond acceptors (Lipinski definition) is 4. The van der Waals surface area contributed by atoms with E-state index < -0.39 is 5.97 Å². The van der Waals surface area contributed by atoms with E-state index in [1.165, 1.54) is 29.3 Å². The zero-order valence-electron chi connectivity index (χ0n) is 14.5. The van der Waals surface area contributed by atoms with Gasteiger partial charge in [0.15, 0.2) is 0 Å². The zero-order valence-corrected chi connectivity index (χ0v) is 16.1. The molecule has 0 aromatic rings. The quantitative estimate of drug-likeness (QED) is 0.595. The maximum absolute atomic E-state index is 12.4. The maximum Gasteiger partial charge on any atom is 0.323 e. The number of carbonyl (C=O) groups is 2. The van der Waals surface area contributed by atoms with E-state index in [1.807, 2.05) is 13.0 Å². The molecule has 0 aromatic heterocycles. The van der Waals surface area contributed by atoms with Crippen molar-refractivity contribution in [1.29, 1.82) is 0 Å². The van der Waals surface area contributed by atoms with Crippen molar-refractivity contribution in [3.05, 3.63) is 33.8 Å². The second-order valence-electron chi connectivity index (χ2n) is 6.93. The van der Waals surface area contributed by atoms with Crippen LogP contribution in [-0.2, 0) is 9.59 Å². The molecule has 1 amide bonds. The average molecular weight is 366 g/mol. The summed E-state index contributed by atoms with van der Waals surface area (Å²) in [4.78, 5) is 24.9. The van der Waals surface area contributed by atoms with Gasteiger partial charge < -0.3 is 5.11 Å². The minimum absolute atomic E-state index is 0.140. The number of thioether (sulfide) groups is 1. The number of carbonyl (C=O) groups excluding carboxylic acids is 1. The number of aliphatic carboxylic acids is 1. The number of carboxylic acid groups (broad SMARTS) is 1. The Hall–Kier alpha value is -1.40. The summed E-state index contributed by atoms with van der Waals surface area (Å²) >= 11 is 6.31. The summed E-state index contributed by atoms with van der Waals surface area (Å²) in [5.41, 5.74) is 3.69. The minimum atomic E-state index is -1.06. The van der Waals surface area contributed by atoms with E-state index in [1.54, 1.807) is 0 Å². The van der Waals surface area contributed by atoms with Crippen LogP contribution in [0.25, 0.3) is 0 Å². The van der Waals surface area contributed by atoms with E-state index in [-0.39, 0.29) is 17.9 Å². The van der Waals surface area contributed by atoms with Gasteiger partial charge in [0.05, 0.1) is 4.91 Å². The Labute approximate surface area is 152 Å². The van der Waals surface area contributed by atoms with Crippen molar-refractivity contribution in [1.82, 2.24) is 4.90 Å². The van der Waals surface area contributed by atoms with Gasteiger partial charge in [0.25, 0.3) is 5.91 Å². The molecule has 4 nitrogen and oxygen atoms in total. The van der Waals surface area contributed by atoms with Crippen molar-refractivity contribution in [3.63, 3.8) is 0 Å². The van der Waals surface area contributed by atoms with E-state index in [4.69, 9.17) is 17.3 Å². The van der Waals surface area contributed by atoms with Gasteiger partial charge in [-0.25, -0.2) is 0 Å². The normalized spacial score (nSPS) is 23.4. The van der Waals surface area contributed by atoms with E-state index >= 15 is 0 Å². The van der Waals surface area contributed by atoms with Crippen LogP contribution in [-0.4, -0.2) is 32.7 Å². The average Bonchev–Trinajstić information content (AvgIpc) is 2.73. The molecule has 130 valence electrons. The van der Waals surface area contributed by atoms with Crippen molar-refractivity contribution in [2.24, 2.45) is 5.41 Å². The molecule has 0 aromatic carbocycles. The molecular weight excluding hydrogens is 342 g/mol. The Kier molecular flexibility index (Phi) is 5.71. The van der Waals surface area contributed by atoms with Crippen molar-refractivity contribution in [2.75, 3.05) is 6.54 Å². The number of thiocarbonyl (C=S) groups is 1. The first-order chi connectivity index (χ1) is 11.1. The largest absolute Gasteiger partial charge is 0.480 e. The van der Waals surface area contributed by atoms with Gasteiger partial charge in [-0.15, -0.1) is 0 Å². The molecule has 0 saturated carbocycles. The van der Waals surface area contributed by atoms with Crippen LogP contribution in [0.3, 0.4) is 0 Å². The summed E-state index contributed by atoms with van der Waals surface area (Å²) in [5.74, 6) is -1.38. The molecule has 1 heterocycles. The fraction of sp³-hybridized carbons (Fsp3) is 0.500. The lowest BCUT2D eigenvalue weighted by molar-refractivity contribution is -0.140. The van der Waals surface area contributed by atoms with E-state index in [2.05, 4.69) is 26.8 Å². The molecule has 1 N–H and O–H groups in total. The Balaban J connectivity index is 2.27. The first-order valence-corrected chi connectivity index (χ1v) is 9.20. The van der Waals surface area contributed by atoms with Gasteiger partial charge >= 0.3 is 5.97 Å². The summed E-state index contributed by atoms with van der Waals surface area (Å²) in [6.45, 7) is 8.15. The Morgan fingerprint density at radius 1 is 1.46 bits per heavy atom. The van der Waals surface area contributed by atoms with Gasteiger partial charge in [-0.1, -0.05) is 55.6 Å². The summed E-state index contributed by atoms with van der Waals surface area (Å²) in [7, 11) is 0. The highest BCUT2D eigenvalue weighted by atomic mass is 32.2. The lowest BCUT2D eigenvalue weighted by atomic mass is 9.72. The van der Waals surface area contributed by atoms with E-state index in [9.17, 15) is 9.59 Å². The molecule has 0 unspecified atom stereocenters. The Morgan fingerprint density at radius 3 is 2.71 bits per heavy atom. The van der Waals surface area contributed by atoms with Crippen molar-refractivity contribution < 1.29 is 14.7 Å². The molecule has 1 saturated heterocycles. The molecule has 6 heteroatoms. The van der Waals surface area contributed by atoms with Crippen molar-refractivity contribution in [2.45, 2.75) is 47.0 Å². The van der Waals surface area contributed by atoms with Crippen molar-refractivity contribution >= 4 is 40.2 Å². The fourth-order valence-corrected chi connectivity index (χ4v) is 4.46. The monoisotopic (exact) mass is 365 g/mol. The summed E-state index contributed by atoms with van der Waals surface area (Å²) in [6.07, 6.45) is 7.54. The summed E-state index contributed by atoms with van der Waals surface area (Å²) < 4.78 is 0.304.